The van der Waals surface area contributed by atoms with Crippen LogP contribution in [0.5, 0.6) is 0 Å². The smallest absolute Gasteiger partial charge is 0.0957 e. The van der Waals surface area contributed by atoms with E-state index in [1.807, 2.05) is 30.3 Å². The highest BCUT2D eigenvalue weighted by Gasteiger charge is 2.20. The number of rotatable bonds is 2. The van der Waals surface area contributed by atoms with Crippen LogP contribution in [0.3, 0.4) is 0 Å². The van der Waals surface area contributed by atoms with Crippen LogP contribution in [0.2, 0.25) is 0 Å². The molecule has 4 heteroatoms. The van der Waals surface area contributed by atoms with E-state index in [9.17, 15) is 0 Å². The Bertz CT molecular complexity index is 668. The summed E-state index contributed by atoms with van der Waals surface area (Å²) in [5.74, 6) is 0. The molecule has 2 N–H and O–H groups in total. The van der Waals surface area contributed by atoms with Crippen molar-refractivity contribution < 1.29 is 0 Å². The van der Waals surface area contributed by atoms with E-state index in [1.54, 1.807) is 18.3 Å². The molecule has 0 saturated carbocycles. The Kier molecular flexibility index (Phi) is 2.34. The Morgan fingerprint density at radius 3 is 2.56 bits per heavy atom. The second-order valence-electron chi connectivity index (χ2n) is 4.03. The maximum absolute atomic E-state index is 7.90. The highest BCUT2D eigenvalue weighted by molar-refractivity contribution is 6.18. The van der Waals surface area contributed by atoms with Gasteiger partial charge in [-0.15, -0.1) is 0 Å². The molecule has 1 aromatic heterocycles. The Labute approximate surface area is 104 Å². The number of hydrogen-bond donors (Lipinski definition) is 2. The second-order valence-corrected chi connectivity index (χ2v) is 4.03. The first-order valence-electron chi connectivity index (χ1n) is 5.53. The fourth-order valence-electron chi connectivity index (χ4n) is 2.08. The normalized spacial score (nSPS) is 13.1. The van der Waals surface area contributed by atoms with E-state index < -0.39 is 0 Å². The van der Waals surface area contributed by atoms with Gasteiger partial charge in [0.05, 0.1) is 17.1 Å². The highest BCUT2D eigenvalue weighted by atomic mass is 14.9. The molecule has 0 atom stereocenters. The van der Waals surface area contributed by atoms with E-state index in [-0.39, 0.29) is 0 Å². The van der Waals surface area contributed by atoms with Gasteiger partial charge < -0.3 is 0 Å². The van der Waals surface area contributed by atoms with Crippen molar-refractivity contribution >= 4 is 17.0 Å². The van der Waals surface area contributed by atoms with Crippen LogP contribution in [0, 0.1) is 10.9 Å². The summed E-state index contributed by atoms with van der Waals surface area (Å²) >= 11 is 0. The summed E-state index contributed by atoms with van der Waals surface area (Å²) in [5.41, 5.74) is 11.7. The Morgan fingerprint density at radius 1 is 1.06 bits per heavy atom. The van der Waals surface area contributed by atoms with Crippen molar-refractivity contribution in [2.24, 2.45) is 5.11 Å². The van der Waals surface area contributed by atoms with Gasteiger partial charge in [-0.2, -0.15) is 5.11 Å². The average Bonchev–Trinajstić information content (AvgIpc) is 2.77. The molecule has 0 fully saturated rings. The van der Waals surface area contributed by atoms with Gasteiger partial charge in [-0.25, -0.2) is 5.53 Å². The van der Waals surface area contributed by atoms with Gasteiger partial charge in [-0.3, -0.25) is 10.4 Å². The highest BCUT2D eigenvalue weighted by Crippen LogP contribution is 2.31. The number of nitrogens with one attached hydrogen (secondary N) is 2. The van der Waals surface area contributed by atoms with Crippen LogP contribution in [-0.4, -0.2) is 10.7 Å². The minimum atomic E-state index is 0.440. The molecule has 1 aliphatic rings. The summed E-state index contributed by atoms with van der Waals surface area (Å²) in [4.78, 5) is 4.22. The number of allylic oxidation sites excluding steroid dienone is 1. The van der Waals surface area contributed by atoms with E-state index in [1.165, 1.54) is 0 Å². The van der Waals surface area contributed by atoms with Gasteiger partial charge in [-0.05, 0) is 35.4 Å². The van der Waals surface area contributed by atoms with Crippen LogP contribution < -0.4 is 0 Å². The quantitative estimate of drug-likeness (QED) is 0.766. The lowest BCUT2D eigenvalue weighted by Gasteiger charge is -2.04. The van der Waals surface area contributed by atoms with E-state index in [2.05, 4.69) is 10.1 Å². The third-order valence-electron chi connectivity index (χ3n) is 2.95. The lowest BCUT2D eigenvalue weighted by molar-refractivity contribution is 1.15. The Balaban J connectivity index is 2.10. The first-order valence-corrected chi connectivity index (χ1v) is 5.53. The maximum Gasteiger partial charge on any atom is 0.0957 e. The molecule has 2 aromatic rings. The van der Waals surface area contributed by atoms with Gasteiger partial charge in [0.25, 0.3) is 0 Å². The van der Waals surface area contributed by atoms with E-state index >= 15 is 0 Å². The van der Waals surface area contributed by atoms with E-state index in [0.29, 0.717) is 11.4 Å². The topological polar surface area (TPSA) is 73.0 Å². The van der Waals surface area contributed by atoms with Crippen LogP contribution >= 0.6 is 0 Å². The lowest BCUT2D eigenvalue weighted by atomic mass is 10.0. The van der Waals surface area contributed by atoms with Gasteiger partial charge in [-0.1, -0.05) is 18.2 Å². The van der Waals surface area contributed by atoms with Crippen LogP contribution in [0.4, 0.5) is 5.69 Å². The number of hydrogen-bond acceptors (Lipinski definition) is 4. The molecule has 0 amide bonds. The number of aromatic nitrogens is 1. The molecule has 0 bridgehead atoms. The molecule has 0 saturated heterocycles. The summed E-state index contributed by atoms with van der Waals surface area (Å²) in [7, 11) is 0. The molecule has 18 heavy (non-hydrogen) atoms. The zero-order valence-corrected chi connectivity index (χ0v) is 9.51. The van der Waals surface area contributed by atoms with Crippen molar-refractivity contribution in [3.63, 3.8) is 0 Å². The second kappa shape index (κ2) is 4.00. The monoisotopic (exact) mass is 234 g/mol. The third kappa shape index (κ3) is 1.55. The van der Waals surface area contributed by atoms with Gasteiger partial charge in [0.1, 0.15) is 0 Å². The third-order valence-corrected chi connectivity index (χ3v) is 2.95. The summed E-state index contributed by atoms with van der Waals surface area (Å²) in [6.07, 6.45) is 3.52. The van der Waals surface area contributed by atoms with E-state index in [4.69, 9.17) is 10.9 Å². The zero-order valence-electron chi connectivity index (χ0n) is 9.51. The summed E-state index contributed by atoms with van der Waals surface area (Å²) in [5, 5.41) is 11.3. The fourth-order valence-corrected chi connectivity index (χ4v) is 2.08. The molecule has 0 aliphatic heterocycles. The van der Waals surface area contributed by atoms with Gasteiger partial charge in [0, 0.05) is 11.8 Å². The Hall–Kier alpha value is -2.62. The first-order chi connectivity index (χ1) is 8.79. The number of nitrogens with zero attached hydrogens (tertiary/aromatic N) is 2. The summed E-state index contributed by atoms with van der Waals surface area (Å²) < 4.78 is 0. The summed E-state index contributed by atoms with van der Waals surface area (Å²) in [6.45, 7) is 0. The lowest BCUT2D eigenvalue weighted by Crippen LogP contribution is -1.95. The maximum atomic E-state index is 7.90. The van der Waals surface area contributed by atoms with Gasteiger partial charge in [0.15, 0.2) is 0 Å². The molecule has 86 valence electrons. The predicted molar refractivity (Wildman–Crippen MR) is 69.4 cm³/mol. The number of benzene rings is 1. The number of fused-ring (bicyclic) bond motifs is 1. The minimum absolute atomic E-state index is 0.440. The van der Waals surface area contributed by atoms with Crippen molar-refractivity contribution in [2.75, 3.05) is 0 Å². The molecule has 1 aromatic carbocycles. The van der Waals surface area contributed by atoms with Crippen molar-refractivity contribution in [1.29, 1.82) is 10.9 Å². The molecule has 4 nitrogen and oxygen atoms in total. The largest absolute Gasteiger partial charge is 0.299 e. The van der Waals surface area contributed by atoms with Crippen LogP contribution in [0.15, 0.2) is 53.8 Å². The SMILES string of the molecule is N=Nc1ccc(C2=CC(=N)c3ncccc32)cc1. The van der Waals surface area contributed by atoms with Crippen molar-refractivity contribution in [3.05, 3.63) is 65.5 Å². The van der Waals surface area contributed by atoms with Gasteiger partial charge >= 0.3 is 0 Å². The van der Waals surface area contributed by atoms with Crippen molar-refractivity contribution in [3.8, 4) is 0 Å². The summed E-state index contributed by atoms with van der Waals surface area (Å²) in [6, 6.07) is 11.3. The van der Waals surface area contributed by atoms with Crippen molar-refractivity contribution in [2.45, 2.75) is 0 Å². The van der Waals surface area contributed by atoms with Crippen LogP contribution in [0.25, 0.3) is 5.57 Å². The van der Waals surface area contributed by atoms with Crippen LogP contribution in [0.1, 0.15) is 16.8 Å². The zero-order chi connectivity index (χ0) is 12.5. The minimum Gasteiger partial charge on any atom is -0.299 e. The molecule has 3 rings (SSSR count). The molecular formula is C14H10N4. The standard InChI is InChI=1S/C14H10N4/c15-13-8-12(11-2-1-7-17-14(11)13)9-3-5-10(18-16)6-4-9/h1-8,15-16H. The van der Waals surface area contributed by atoms with Crippen LogP contribution in [-0.2, 0) is 0 Å². The first kappa shape index (κ1) is 10.5. The van der Waals surface area contributed by atoms with E-state index in [0.717, 1.165) is 22.4 Å². The van der Waals surface area contributed by atoms with Crippen molar-refractivity contribution in [1.82, 2.24) is 4.98 Å². The Morgan fingerprint density at radius 2 is 1.83 bits per heavy atom. The van der Waals surface area contributed by atoms with Gasteiger partial charge in [0.2, 0.25) is 0 Å². The molecule has 0 unspecified atom stereocenters. The molecule has 1 heterocycles. The molecular weight excluding hydrogens is 224 g/mol. The molecule has 0 spiro atoms. The molecule has 1 aliphatic carbocycles. The molecule has 0 radical (unpaired) electrons. The predicted octanol–water partition coefficient (Wildman–Crippen LogP) is 3.56. The fraction of sp³-hybridized carbons (Fsp3) is 0. The average molecular weight is 234 g/mol. The number of pyridine rings is 1.